The van der Waals surface area contributed by atoms with Crippen LogP contribution in [0.15, 0.2) is 30.3 Å². The average molecular weight is 634 g/mol. The number of hydrogen-bond acceptors (Lipinski definition) is 11. The van der Waals surface area contributed by atoms with E-state index in [1.807, 2.05) is 58.0 Å². The summed E-state index contributed by atoms with van der Waals surface area (Å²) in [6.45, 7) is 11.6. The van der Waals surface area contributed by atoms with E-state index < -0.39 is 69.4 Å². The topological polar surface area (TPSA) is 137 Å². The fourth-order valence-electron chi connectivity index (χ4n) is 6.51. The normalized spacial score (nSPS) is 42.5. The van der Waals surface area contributed by atoms with Crippen molar-refractivity contribution >= 4 is 21.3 Å². The fourth-order valence-corrected chi connectivity index (χ4v) is 10.1. The van der Waals surface area contributed by atoms with Crippen molar-refractivity contribution in [3.05, 3.63) is 35.9 Å². The number of benzene rings is 1. The summed E-state index contributed by atoms with van der Waals surface area (Å²) in [6, 6.07) is 9.38. The predicted molar refractivity (Wildman–Crippen MR) is 150 cm³/mol. The van der Waals surface area contributed by atoms with Gasteiger partial charge in [0.2, 0.25) is 0 Å². The molecule has 1 aromatic rings. The molecule has 0 amide bonds. The summed E-state index contributed by atoms with van der Waals surface area (Å²) in [7, 11) is -5.33. The summed E-state index contributed by atoms with van der Waals surface area (Å²) in [5.74, 6) is -1.34. The van der Waals surface area contributed by atoms with Gasteiger partial charge in [0.15, 0.2) is 28.9 Å². The van der Waals surface area contributed by atoms with Crippen LogP contribution in [-0.4, -0.2) is 103 Å². The Bertz CT molecular complexity index is 1220. The Balaban J connectivity index is 1.33. The largest absolute Gasteiger partial charge is 0.397 e. The molecule has 5 fully saturated rings. The standard InChI is InChI=1S/C28H40O12S2/c1-26(2)32-12-17(36-26)21-22(40-42(29,30)31)19(34-25(35-21)16-10-8-7-9-11-16)14-41-15-20-23(39-28(5,6)38-20)24(41)18-13-33-27(3,4)37-18/h7-11,17-25H,12-15H2,1-6H3/p+1/t17-,18-,19+,20-,21-,22-,23-,24+,25?,41?/m1/s1. The molecule has 0 aliphatic carbocycles. The van der Waals surface area contributed by atoms with Gasteiger partial charge in [-0.3, -0.25) is 4.55 Å². The zero-order valence-electron chi connectivity index (χ0n) is 24.7. The summed E-state index contributed by atoms with van der Waals surface area (Å²) in [5.41, 5.74) is 0.752. The lowest BCUT2D eigenvalue weighted by Gasteiger charge is -2.42. The maximum atomic E-state index is 12.2. The van der Waals surface area contributed by atoms with Gasteiger partial charge in [0.1, 0.15) is 54.2 Å². The number of hydrogen-bond donors (Lipinski definition) is 1. The van der Waals surface area contributed by atoms with E-state index in [-0.39, 0.29) is 30.2 Å². The SMILES string of the molecule is CC1(C)OC[C@H]([C@H]2OC(c3ccccc3)O[C@@H](C[S+]3C[C@H]4OC(C)(C)O[C@H]4[C@@H]3[C@H]3COC(C)(C)O3)[C@H]2OS(=O)(=O)O)O1. The van der Waals surface area contributed by atoms with Gasteiger partial charge in [0.05, 0.1) is 13.2 Å². The third-order valence-electron chi connectivity index (χ3n) is 8.05. The molecule has 0 saturated carbocycles. The van der Waals surface area contributed by atoms with Gasteiger partial charge < -0.3 is 37.9 Å². The highest BCUT2D eigenvalue weighted by Gasteiger charge is 2.65. The first-order valence-corrected chi connectivity index (χ1v) is 17.2. The molecule has 14 heteroatoms. The molecule has 5 saturated heterocycles. The lowest BCUT2D eigenvalue weighted by Crippen LogP contribution is -2.58. The van der Waals surface area contributed by atoms with Gasteiger partial charge in [0.25, 0.3) is 0 Å². The van der Waals surface area contributed by atoms with Gasteiger partial charge in [-0.1, -0.05) is 30.3 Å². The highest BCUT2D eigenvalue weighted by molar-refractivity contribution is 7.97. The molecule has 0 bridgehead atoms. The van der Waals surface area contributed by atoms with E-state index in [0.717, 1.165) is 5.56 Å². The molecule has 6 rings (SSSR count). The second-order valence-electron chi connectivity index (χ2n) is 12.7. The van der Waals surface area contributed by atoms with Gasteiger partial charge in [-0.15, -0.1) is 0 Å². The Labute approximate surface area is 249 Å². The molecule has 12 nitrogen and oxygen atoms in total. The van der Waals surface area contributed by atoms with Crippen LogP contribution in [0, 0.1) is 0 Å². The van der Waals surface area contributed by atoms with E-state index in [9.17, 15) is 13.0 Å². The Hall–Kier alpha value is -0.880. The quantitative estimate of drug-likeness (QED) is 0.349. The van der Waals surface area contributed by atoms with E-state index in [2.05, 4.69) is 0 Å². The van der Waals surface area contributed by atoms with Gasteiger partial charge in [-0.05, 0) is 41.5 Å². The molecule has 10 atom stereocenters. The summed E-state index contributed by atoms with van der Waals surface area (Å²) in [5, 5.41) is -0.102. The zero-order valence-corrected chi connectivity index (χ0v) is 26.3. The summed E-state index contributed by atoms with van der Waals surface area (Å²) in [6.07, 6.45) is -5.14. The number of ether oxygens (including phenoxy) is 8. The van der Waals surface area contributed by atoms with Crippen LogP contribution in [0.4, 0.5) is 0 Å². The van der Waals surface area contributed by atoms with E-state index >= 15 is 0 Å². The first-order valence-electron chi connectivity index (χ1n) is 14.3. The van der Waals surface area contributed by atoms with Crippen LogP contribution >= 0.6 is 0 Å². The molecular weight excluding hydrogens is 592 g/mol. The van der Waals surface area contributed by atoms with Crippen molar-refractivity contribution in [3.8, 4) is 0 Å². The average Bonchev–Trinajstić information content (AvgIpc) is 3.59. The molecule has 5 aliphatic rings. The van der Waals surface area contributed by atoms with Crippen LogP contribution in [0.5, 0.6) is 0 Å². The summed E-state index contributed by atoms with van der Waals surface area (Å²) >= 11 is 0. The van der Waals surface area contributed by atoms with Gasteiger partial charge in [-0.2, -0.15) is 8.42 Å². The van der Waals surface area contributed by atoms with Gasteiger partial charge in [-0.25, -0.2) is 4.18 Å². The third-order valence-corrected chi connectivity index (χ3v) is 11.4. The molecule has 5 aliphatic heterocycles. The molecule has 2 unspecified atom stereocenters. The van der Waals surface area contributed by atoms with Crippen molar-refractivity contribution in [2.75, 3.05) is 24.7 Å². The molecule has 42 heavy (non-hydrogen) atoms. The maximum absolute atomic E-state index is 12.2. The second-order valence-corrected chi connectivity index (χ2v) is 16.0. The third kappa shape index (κ3) is 6.70. The van der Waals surface area contributed by atoms with E-state index in [0.29, 0.717) is 18.1 Å². The van der Waals surface area contributed by atoms with Crippen molar-refractivity contribution in [2.45, 2.75) is 113 Å². The van der Waals surface area contributed by atoms with Crippen LogP contribution in [0.3, 0.4) is 0 Å². The van der Waals surface area contributed by atoms with Crippen LogP contribution in [0.2, 0.25) is 0 Å². The minimum atomic E-state index is -4.89. The first kappa shape index (κ1) is 31.1. The predicted octanol–water partition coefficient (Wildman–Crippen LogP) is 2.48. The zero-order chi connectivity index (χ0) is 30.1. The molecule has 0 spiro atoms. The Morgan fingerprint density at radius 2 is 1.45 bits per heavy atom. The van der Waals surface area contributed by atoms with Crippen molar-refractivity contribution in [2.24, 2.45) is 0 Å². The van der Waals surface area contributed by atoms with Gasteiger partial charge in [0, 0.05) is 16.5 Å². The molecule has 0 aromatic heterocycles. The highest BCUT2D eigenvalue weighted by Crippen LogP contribution is 2.45. The van der Waals surface area contributed by atoms with E-state index in [4.69, 9.17) is 42.1 Å². The Morgan fingerprint density at radius 1 is 0.833 bits per heavy atom. The molecule has 0 radical (unpaired) electrons. The minimum absolute atomic E-state index is 0.102. The van der Waals surface area contributed by atoms with Crippen molar-refractivity contribution in [1.82, 2.24) is 0 Å². The molecule has 1 aromatic carbocycles. The maximum Gasteiger partial charge on any atom is 0.397 e. The highest BCUT2D eigenvalue weighted by atomic mass is 32.3. The monoisotopic (exact) mass is 633 g/mol. The van der Waals surface area contributed by atoms with E-state index in [1.54, 1.807) is 13.8 Å². The Kier molecular flexibility index (Phi) is 8.28. The smallest absolute Gasteiger partial charge is 0.348 e. The van der Waals surface area contributed by atoms with Crippen LogP contribution in [0.1, 0.15) is 53.4 Å². The summed E-state index contributed by atoms with van der Waals surface area (Å²) < 4.78 is 89.2. The Morgan fingerprint density at radius 3 is 2.05 bits per heavy atom. The fraction of sp³-hybridized carbons (Fsp3) is 0.786. The van der Waals surface area contributed by atoms with Crippen molar-refractivity contribution in [1.29, 1.82) is 0 Å². The van der Waals surface area contributed by atoms with Crippen LogP contribution < -0.4 is 0 Å². The lowest BCUT2D eigenvalue weighted by atomic mass is 10.0. The summed E-state index contributed by atoms with van der Waals surface area (Å²) in [4.78, 5) is 0. The number of rotatable bonds is 7. The van der Waals surface area contributed by atoms with Crippen molar-refractivity contribution < 1.29 is 55.0 Å². The number of fused-ring (bicyclic) bond motifs is 1. The van der Waals surface area contributed by atoms with Gasteiger partial charge >= 0.3 is 10.4 Å². The second kappa shape index (κ2) is 11.2. The molecule has 236 valence electrons. The van der Waals surface area contributed by atoms with Crippen LogP contribution in [-0.2, 0) is 63.4 Å². The van der Waals surface area contributed by atoms with Crippen molar-refractivity contribution in [3.63, 3.8) is 0 Å². The molecular formula is C28H41O12S2+. The van der Waals surface area contributed by atoms with Crippen LogP contribution in [0.25, 0.3) is 0 Å². The first-order chi connectivity index (χ1) is 19.6. The molecule has 5 heterocycles. The lowest BCUT2D eigenvalue weighted by molar-refractivity contribution is -0.299. The van der Waals surface area contributed by atoms with E-state index in [1.165, 1.54) is 0 Å². The molecule has 1 N–H and O–H groups in total. The minimum Gasteiger partial charge on any atom is -0.348 e.